The number of pyridine rings is 1. The molecule has 0 bridgehead atoms. The van der Waals surface area contributed by atoms with Gasteiger partial charge in [0.05, 0.1) is 21.8 Å². The molecule has 0 fully saturated rings. The molecule has 0 saturated carbocycles. The molecule has 0 radical (unpaired) electrons. The summed E-state index contributed by atoms with van der Waals surface area (Å²) in [5.41, 5.74) is 5.11. The zero-order valence-electron chi connectivity index (χ0n) is 22.1. The molecular weight excluding hydrogens is 569 g/mol. The van der Waals surface area contributed by atoms with Crippen molar-refractivity contribution in [3.8, 4) is 28.3 Å². The normalized spacial score (nSPS) is 12.1. The topological polar surface area (TPSA) is 136 Å². The van der Waals surface area contributed by atoms with Crippen LogP contribution >= 0.6 is 11.8 Å². The van der Waals surface area contributed by atoms with Gasteiger partial charge in [0.2, 0.25) is 10.0 Å². The molecule has 2 heterocycles. The number of benzene rings is 4. The first kappa shape index (κ1) is 27.3. The van der Waals surface area contributed by atoms with E-state index in [-0.39, 0.29) is 4.90 Å². The fourth-order valence-electron chi connectivity index (χ4n) is 4.60. The number of sulfonamides is 1. The molecule has 0 aliphatic carbocycles. The number of oxime groups is 1. The Kier molecular flexibility index (Phi) is 7.53. The largest absolute Gasteiger partial charge is 0.411 e. The smallest absolute Gasteiger partial charge is 0.238 e. The van der Waals surface area contributed by atoms with Gasteiger partial charge in [0.15, 0.2) is 11.0 Å². The summed E-state index contributed by atoms with van der Waals surface area (Å²) < 4.78 is 25.5. The number of nitrogens with two attached hydrogens (primary N) is 1. The molecule has 208 valence electrons. The van der Waals surface area contributed by atoms with Gasteiger partial charge >= 0.3 is 0 Å². The Morgan fingerprint density at radius 2 is 1.52 bits per heavy atom. The van der Waals surface area contributed by atoms with E-state index < -0.39 is 10.0 Å². The van der Waals surface area contributed by atoms with Gasteiger partial charge in [-0.05, 0) is 36.4 Å². The Balaban J connectivity index is 1.48. The quantitative estimate of drug-likeness (QED) is 0.0991. The van der Waals surface area contributed by atoms with Gasteiger partial charge in [-0.2, -0.15) is 0 Å². The summed E-state index contributed by atoms with van der Waals surface area (Å²) in [5, 5.41) is 29.2. The number of nitrogens with zero attached hydrogens (tertiary/aromatic N) is 5. The highest BCUT2D eigenvalue weighted by atomic mass is 32.2. The predicted octanol–water partition coefficient (Wildman–Crippen LogP) is 5.77. The monoisotopic (exact) mass is 592 g/mol. The zero-order chi connectivity index (χ0) is 29.1. The molecule has 0 unspecified atom stereocenters. The summed E-state index contributed by atoms with van der Waals surface area (Å²) in [6.07, 6.45) is 0. The van der Waals surface area contributed by atoms with Crippen LogP contribution in [0.15, 0.2) is 130 Å². The summed E-state index contributed by atoms with van der Waals surface area (Å²) >= 11 is 1.41. The van der Waals surface area contributed by atoms with Gasteiger partial charge in [0.1, 0.15) is 0 Å². The van der Waals surface area contributed by atoms with E-state index in [9.17, 15) is 13.6 Å². The number of para-hydroxylation sites is 2. The van der Waals surface area contributed by atoms with Gasteiger partial charge in [-0.25, -0.2) is 18.5 Å². The second-order valence-electron chi connectivity index (χ2n) is 9.32. The lowest BCUT2D eigenvalue weighted by atomic mass is 10.0. The number of thioether (sulfide) groups is 1. The number of fused-ring (bicyclic) bond motifs is 1. The van der Waals surface area contributed by atoms with Gasteiger partial charge in [0, 0.05) is 33.5 Å². The predicted molar refractivity (Wildman–Crippen MR) is 164 cm³/mol. The van der Waals surface area contributed by atoms with Crippen LogP contribution in [-0.2, 0) is 10.0 Å². The van der Waals surface area contributed by atoms with E-state index in [0.717, 1.165) is 33.3 Å². The molecule has 6 aromatic rings. The van der Waals surface area contributed by atoms with Gasteiger partial charge in [-0.1, -0.05) is 95.8 Å². The van der Waals surface area contributed by atoms with Crippen molar-refractivity contribution in [3.63, 3.8) is 0 Å². The second-order valence-corrected chi connectivity index (χ2v) is 11.8. The standard InChI is InChI=1S/C31H24N6O3S2/c32-42(39,40)24-17-15-22(16-18-24)28-19-26(25-13-7-8-14-27(25)33-28)30-34-35-31(37(30)23-11-5-2-6-12-23)41-20-29(36-38)21-9-3-1-4-10-21/h1-19,38H,20H2,(H2,32,39,40)/b36-29-. The van der Waals surface area contributed by atoms with E-state index in [2.05, 4.69) is 15.4 Å². The minimum Gasteiger partial charge on any atom is -0.411 e. The molecule has 0 aliphatic rings. The van der Waals surface area contributed by atoms with Crippen LogP contribution in [0.2, 0.25) is 0 Å². The SMILES string of the molecule is NS(=O)(=O)c1ccc(-c2cc(-c3nnc(SC/C(=N/O)c4ccccc4)n3-c3ccccc3)c3ccccc3n2)cc1. The molecule has 3 N–H and O–H groups in total. The van der Waals surface area contributed by atoms with E-state index in [0.29, 0.717) is 28.1 Å². The third-order valence-corrected chi connectivity index (χ3v) is 8.52. The molecular formula is C31H24N6O3S2. The van der Waals surface area contributed by atoms with Crippen molar-refractivity contribution < 1.29 is 13.6 Å². The lowest BCUT2D eigenvalue weighted by molar-refractivity contribution is 0.319. The van der Waals surface area contributed by atoms with Crippen LogP contribution < -0.4 is 5.14 Å². The molecule has 0 spiro atoms. The van der Waals surface area contributed by atoms with Gasteiger partial charge in [0.25, 0.3) is 0 Å². The van der Waals surface area contributed by atoms with Crippen LogP contribution in [0.3, 0.4) is 0 Å². The van der Waals surface area contributed by atoms with Crippen molar-refractivity contribution in [3.05, 3.63) is 121 Å². The summed E-state index contributed by atoms with van der Waals surface area (Å²) in [6, 6.07) is 35.3. The number of hydrogen-bond acceptors (Lipinski definition) is 8. The molecule has 42 heavy (non-hydrogen) atoms. The summed E-state index contributed by atoms with van der Waals surface area (Å²) in [6.45, 7) is 0. The first-order valence-electron chi connectivity index (χ1n) is 12.9. The number of primary sulfonamides is 1. The Bertz CT molecular complexity index is 2010. The Hall–Kier alpha value is -4.84. The summed E-state index contributed by atoms with van der Waals surface area (Å²) in [5.74, 6) is 0.969. The number of hydrogen-bond donors (Lipinski definition) is 2. The lowest BCUT2D eigenvalue weighted by Crippen LogP contribution is -2.11. The molecule has 9 nitrogen and oxygen atoms in total. The van der Waals surface area contributed by atoms with Gasteiger partial charge < -0.3 is 5.21 Å². The fraction of sp³-hybridized carbons (Fsp3) is 0.0323. The van der Waals surface area contributed by atoms with E-state index in [1.165, 1.54) is 23.9 Å². The summed E-state index contributed by atoms with van der Waals surface area (Å²) in [7, 11) is -3.82. The van der Waals surface area contributed by atoms with E-state index in [4.69, 9.17) is 10.1 Å². The minimum absolute atomic E-state index is 0.0269. The molecule has 0 aliphatic heterocycles. The summed E-state index contributed by atoms with van der Waals surface area (Å²) in [4.78, 5) is 4.88. The van der Waals surface area contributed by atoms with Crippen molar-refractivity contribution in [1.29, 1.82) is 0 Å². The highest BCUT2D eigenvalue weighted by Gasteiger charge is 2.21. The molecule has 11 heteroatoms. The molecule has 0 saturated heterocycles. The van der Waals surface area contributed by atoms with Crippen molar-refractivity contribution >= 4 is 38.4 Å². The second kappa shape index (κ2) is 11.6. The maximum atomic E-state index is 11.8. The van der Waals surface area contributed by atoms with Crippen LogP contribution in [-0.4, -0.2) is 44.8 Å². The average molecular weight is 593 g/mol. The Morgan fingerprint density at radius 3 is 2.21 bits per heavy atom. The number of aromatic nitrogens is 4. The molecule has 2 aromatic heterocycles. The molecule has 0 atom stereocenters. The maximum absolute atomic E-state index is 11.8. The van der Waals surface area contributed by atoms with Crippen LogP contribution in [0, 0.1) is 0 Å². The number of rotatable bonds is 8. The van der Waals surface area contributed by atoms with Crippen LogP contribution in [0.4, 0.5) is 0 Å². The third-order valence-electron chi connectivity index (χ3n) is 6.65. The van der Waals surface area contributed by atoms with E-state index >= 15 is 0 Å². The van der Waals surface area contributed by atoms with Crippen molar-refractivity contribution in [2.24, 2.45) is 10.3 Å². The van der Waals surface area contributed by atoms with Crippen molar-refractivity contribution in [1.82, 2.24) is 19.7 Å². The molecule has 4 aromatic carbocycles. The van der Waals surface area contributed by atoms with Crippen LogP contribution in [0.25, 0.3) is 39.2 Å². The van der Waals surface area contributed by atoms with E-state index in [1.54, 1.807) is 12.1 Å². The molecule has 0 amide bonds. The fourth-order valence-corrected chi connectivity index (χ4v) is 6.03. The Morgan fingerprint density at radius 1 is 0.857 bits per heavy atom. The molecule has 6 rings (SSSR count). The highest BCUT2D eigenvalue weighted by Crippen LogP contribution is 2.35. The van der Waals surface area contributed by atoms with Crippen molar-refractivity contribution in [2.45, 2.75) is 10.1 Å². The zero-order valence-corrected chi connectivity index (χ0v) is 23.7. The first-order chi connectivity index (χ1) is 20.4. The Labute approximate surface area is 246 Å². The highest BCUT2D eigenvalue weighted by molar-refractivity contribution is 7.99. The minimum atomic E-state index is -3.82. The van der Waals surface area contributed by atoms with E-state index in [1.807, 2.05) is 95.6 Å². The van der Waals surface area contributed by atoms with Crippen LogP contribution in [0.1, 0.15) is 5.56 Å². The lowest BCUT2D eigenvalue weighted by Gasteiger charge is -2.13. The van der Waals surface area contributed by atoms with Crippen molar-refractivity contribution in [2.75, 3.05) is 5.75 Å². The van der Waals surface area contributed by atoms with Crippen LogP contribution in [0.5, 0.6) is 0 Å². The van der Waals surface area contributed by atoms with Gasteiger partial charge in [-0.15, -0.1) is 10.2 Å². The third kappa shape index (κ3) is 5.53. The maximum Gasteiger partial charge on any atom is 0.238 e. The van der Waals surface area contributed by atoms with Gasteiger partial charge in [-0.3, -0.25) is 4.57 Å². The average Bonchev–Trinajstić information content (AvgIpc) is 3.45. The first-order valence-corrected chi connectivity index (χ1v) is 15.4.